The number of aromatic nitrogens is 3. The van der Waals surface area contributed by atoms with Crippen LogP contribution in [0.25, 0.3) is 11.5 Å². The van der Waals surface area contributed by atoms with Crippen LogP contribution in [0.4, 0.5) is 0 Å². The summed E-state index contributed by atoms with van der Waals surface area (Å²) in [6, 6.07) is 11.3. The molecular weight excluding hydrogens is 424 g/mol. The van der Waals surface area contributed by atoms with Crippen LogP contribution in [0.2, 0.25) is 0 Å². The zero-order valence-corrected chi connectivity index (χ0v) is 16.9. The fourth-order valence-electron chi connectivity index (χ4n) is 2.92. The minimum Gasteiger partial charge on any atom is -0.477 e. The molecule has 0 spiro atoms. The molecule has 0 aliphatic heterocycles. The summed E-state index contributed by atoms with van der Waals surface area (Å²) in [5.41, 5.74) is 1.26. The van der Waals surface area contributed by atoms with Crippen molar-refractivity contribution >= 4 is 21.8 Å². The fraction of sp³-hybridized carbons (Fsp3) is 0.300. The minimum atomic E-state index is -0.139. The van der Waals surface area contributed by atoms with Crippen molar-refractivity contribution in [3.63, 3.8) is 0 Å². The van der Waals surface area contributed by atoms with Crippen LogP contribution in [0.1, 0.15) is 36.0 Å². The van der Waals surface area contributed by atoms with Gasteiger partial charge in [0.15, 0.2) is 0 Å². The van der Waals surface area contributed by atoms with Crippen molar-refractivity contribution in [2.75, 3.05) is 6.61 Å². The van der Waals surface area contributed by atoms with Gasteiger partial charge in [-0.2, -0.15) is 0 Å². The highest BCUT2D eigenvalue weighted by Crippen LogP contribution is 2.32. The molecule has 0 unspecified atom stereocenters. The van der Waals surface area contributed by atoms with Gasteiger partial charge in [0.2, 0.25) is 17.7 Å². The third-order valence-electron chi connectivity index (χ3n) is 4.41. The maximum absolute atomic E-state index is 13.2. The molecule has 1 aromatic carbocycles. The lowest BCUT2D eigenvalue weighted by molar-refractivity contribution is 0.0709. The van der Waals surface area contributed by atoms with E-state index in [-0.39, 0.29) is 18.5 Å². The summed E-state index contributed by atoms with van der Waals surface area (Å²) in [4.78, 5) is 19.1. The van der Waals surface area contributed by atoms with E-state index in [2.05, 4.69) is 31.1 Å². The van der Waals surface area contributed by atoms with E-state index in [9.17, 15) is 4.79 Å². The average molecular weight is 443 g/mol. The number of carbonyl (C=O) groups is 1. The Hall–Kier alpha value is -2.74. The number of halogens is 1. The van der Waals surface area contributed by atoms with Gasteiger partial charge < -0.3 is 14.1 Å². The average Bonchev–Trinajstić information content (AvgIpc) is 3.45. The van der Waals surface area contributed by atoms with Crippen LogP contribution in [-0.4, -0.2) is 38.6 Å². The molecule has 1 aliphatic rings. The minimum absolute atomic E-state index is 0.139. The summed E-state index contributed by atoms with van der Waals surface area (Å²) in [6.07, 6.45) is 3.54. The maximum atomic E-state index is 13.2. The molecule has 144 valence electrons. The molecule has 0 bridgehead atoms. The molecule has 0 radical (unpaired) electrons. The molecule has 4 rings (SSSR count). The normalized spacial score (nSPS) is 13.4. The number of nitrogens with zero attached hydrogens (tertiary/aromatic N) is 4. The molecule has 7 nitrogen and oxygen atoms in total. The van der Waals surface area contributed by atoms with Gasteiger partial charge in [-0.05, 0) is 60.0 Å². The predicted molar refractivity (Wildman–Crippen MR) is 106 cm³/mol. The van der Waals surface area contributed by atoms with Crippen molar-refractivity contribution in [1.82, 2.24) is 20.1 Å². The van der Waals surface area contributed by atoms with Crippen molar-refractivity contribution < 1.29 is 13.9 Å². The Morgan fingerprint density at radius 3 is 2.82 bits per heavy atom. The number of amides is 1. The first-order valence-electron chi connectivity index (χ1n) is 9.13. The summed E-state index contributed by atoms with van der Waals surface area (Å²) in [5.74, 6) is 1.02. The van der Waals surface area contributed by atoms with Crippen LogP contribution >= 0.6 is 15.9 Å². The van der Waals surface area contributed by atoms with Crippen molar-refractivity contribution in [2.45, 2.75) is 32.4 Å². The van der Waals surface area contributed by atoms with Crippen LogP contribution < -0.4 is 4.74 Å². The second kappa shape index (κ2) is 8.10. The fourth-order valence-corrected chi connectivity index (χ4v) is 3.37. The number of ether oxygens (including phenoxy) is 1. The first kappa shape index (κ1) is 18.6. The lowest BCUT2D eigenvalue weighted by Gasteiger charge is -2.21. The van der Waals surface area contributed by atoms with Gasteiger partial charge in [0, 0.05) is 16.7 Å². The van der Waals surface area contributed by atoms with Gasteiger partial charge in [0.05, 0.1) is 18.7 Å². The molecule has 0 atom stereocenters. The van der Waals surface area contributed by atoms with Gasteiger partial charge in [0.25, 0.3) is 5.91 Å². The Morgan fingerprint density at radius 2 is 2.07 bits per heavy atom. The molecule has 28 heavy (non-hydrogen) atoms. The lowest BCUT2D eigenvalue weighted by atomic mass is 10.2. The number of carbonyl (C=O) groups excluding carboxylic acids is 1. The second-order valence-electron chi connectivity index (χ2n) is 6.43. The van der Waals surface area contributed by atoms with Gasteiger partial charge in [-0.1, -0.05) is 12.1 Å². The van der Waals surface area contributed by atoms with E-state index in [0.29, 0.717) is 29.8 Å². The molecule has 2 heterocycles. The topological polar surface area (TPSA) is 81.4 Å². The Bertz CT molecular complexity index is 987. The van der Waals surface area contributed by atoms with Gasteiger partial charge in [-0.15, -0.1) is 10.2 Å². The highest BCUT2D eigenvalue weighted by Gasteiger charge is 2.35. The zero-order valence-electron chi connectivity index (χ0n) is 15.3. The lowest BCUT2D eigenvalue weighted by Crippen LogP contribution is -2.33. The maximum Gasteiger partial charge on any atom is 0.260 e. The van der Waals surface area contributed by atoms with Crippen LogP contribution in [0, 0.1) is 0 Å². The van der Waals surface area contributed by atoms with E-state index in [4.69, 9.17) is 9.15 Å². The smallest absolute Gasteiger partial charge is 0.260 e. The molecule has 8 heteroatoms. The molecule has 1 aliphatic carbocycles. The van der Waals surface area contributed by atoms with E-state index >= 15 is 0 Å². The molecule has 1 amide bonds. The molecule has 0 N–H and O–H groups in total. The van der Waals surface area contributed by atoms with Crippen molar-refractivity contribution in [2.24, 2.45) is 0 Å². The molecule has 0 saturated heterocycles. The van der Waals surface area contributed by atoms with Gasteiger partial charge in [0.1, 0.15) is 5.56 Å². The Morgan fingerprint density at radius 1 is 1.25 bits per heavy atom. The van der Waals surface area contributed by atoms with E-state index in [1.807, 2.05) is 31.2 Å². The molecule has 3 aromatic rings. The van der Waals surface area contributed by atoms with E-state index < -0.39 is 0 Å². The third kappa shape index (κ3) is 3.91. The highest BCUT2D eigenvalue weighted by molar-refractivity contribution is 9.10. The van der Waals surface area contributed by atoms with E-state index in [1.54, 1.807) is 23.2 Å². The molecule has 1 fully saturated rings. The first-order chi connectivity index (χ1) is 13.7. The van der Waals surface area contributed by atoms with Gasteiger partial charge in [-0.3, -0.25) is 4.79 Å². The Balaban J connectivity index is 1.57. The zero-order chi connectivity index (χ0) is 19.5. The quantitative estimate of drug-likeness (QED) is 0.547. The van der Waals surface area contributed by atoms with Gasteiger partial charge >= 0.3 is 0 Å². The first-order valence-corrected chi connectivity index (χ1v) is 9.92. The number of rotatable bonds is 7. The predicted octanol–water partition coefficient (Wildman–Crippen LogP) is 4.10. The summed E-state index contributed by atoms with van der Waals surface area (Å²) in [6.45, 7) is 2.56. The van der Waals surface area contributed by atoms with Crippen molar-refractivity contribution in [1.29, 1.82) is 0 Å². The van der Waals surface area contributed by atoms with Crippen molar-refractivity contribution in [3.05, 3.63) is 58.5 Å². The number of hydrogen-bond donors (Lipinski definition) is 0. The number of pyridine rings is 1. The van der Waals surface area contributed by atoms with Crippen molar-refractivity contribution in [3.8, 4) is 17.3 Å². The summed E-state index contributed by atoms with van der Waals surface area (Å²) in [5, 5.41) is 8.28. The highest BCUT2D eigenvalue weighted by atomic mass is 79.9. The monoisotopic (exact) mass is 442 g/mol. The van der Waals surface area contributed by atoms with Crippen LogP contribution in [0.3, 0.4) is 0 Å². The molecular formula is C20H19BrN4O3. The third-order valence-corrected chi connectivity index (χ3v) is 5.10. The van der Waals surface area contributed by atoms with Crippen LogP contribution in [-0.2, 0) is 6.54 Å². The SMILES string of the molecule is CCOc1ncccc1C(=O)N(Cc1nnc(-c2ccccc2Br)o1)C1CC1. The van der Waals surface area contributed by atoms with E-state index in [1.165, 1.54) is 0 Å². The summed E-state index contributed by atoms with van der Waals surface area (Å²) in [7, 11) is 0. The van der Waals surface area contributed by atoms with Gasteiger partial charge in [-0.25, -0.2) is 4.98 Å². The standard InChI is InChI=1S/C20H19BrN4O3/c1-2-27-18-15(7-5-11-22-18)20(26)25(13-9-10-13)12-17-23-24-19(28-17)14-6-3-4-8-16(14)21/h3-8,11,13H,2,9-10,12H2,1H3. The summed E-state index contributed by atoms with van der Waals surface area (Å²) < 4.78 is 12.2. The largest absolute Gasteiger partial charge is 0.477 e. The van der Waals surface area contributed by atoms with Crippen LogP contribution in [0.15, 0.2) is 51.5 Å². The Kier molecular flexibility index (Phi) is 5.38. The number of hydrogen-bond acceptors (Lipinski definition) is 6. The molecule has 1 saturated carbocycles. The second-order valence-corrected chi connectivity index (χ2v) is 7.29. The summed E-state index contributed by atoms with van der Waals surface area (Å²) >= 11 is 3.49. The molecule has 2 aromatic heterocycles. The van der Waals surface area contributed by atoms with E-state index in [0.717, 1.165) is 22.9 Å². The van der Waals surface area contributed by atoms with Crippen LogP contribution in [0.5, 0.6) is 5.88 Å². The Labute approximate surface area is 170 Å². The number of benzene rings is 1.